The Bertz CT molecular complexity index is 460. The maximum Gasteiger partial charge on any atom is 0.150 e. The van der Waals surface area contributed by atoms with E-state index in [4.69, 9.17) is 0 Å². The number of carbonyl (C=O) groups is 1. The molecule has 0 atom stereocenters. The summed E-state index contributed by atoms with van der Waals surface area (Å²) < 4.78 is 0. The van der Waals surface area contributed by atoms with Crippen LogP contribution in [0.25, 0.3) is 0 Å². The van der Waals surface area contributed by atoms with Crippen molar-refractivity contribution in [1.29, 1.82) is 0 Å². The number of nitrogens with zero attached hydrogens (tertiary/aromatic N) is 2. The maximum absolute atomic E-state index is 11.0. The monoisotopic (exact) mass is 260 g/mol. The molecule has 0 radical (unpaired) electrons. The molecule has 0 bridgehead atoms. The quantitative estimate of drug-likeness (QED) is 0.781. The van der Waals surface area contributed by atoms with Crippen LogP contribution >= 0.6 is 0 Å². The van der Waals surface area contributed by atoms with Crippen LogP contribution < -0.4 is 4.90 Å². The van der Waals surface area contributed by atoms with Gasteiger partial charge in [0.25, 0.3) is 0 Å². The SMILES string of the molecule is Cc1cc(N2CCN(C(C)C)CC2)c(C)cc1C=O. The first-order chi connectivity index (χ1) is 9.02. The second-order valence-corrected chi connectivity index (χ2v) is 5.73. The number of hydrogen-bond acceptors (Lipinski definition) is 3. The third-order valence-electron chi connectivity index (χ3n) is 4.10. The molecule has 104 valence electrons. The number of hydrogen-bond donors (Lipinski definition) is 0. The molecule has 0 amide bonds. The average molecular weight is 260 g/mol. The molecule has 0 aliphatic carbocycles. The van der Waals surface area contributed by atoms with E-state index < -0.39 is 0 Å². The van der Waals surface area contributed by atoms with E-state index in [0.29, 0.717) is 6.04 Å². The lowest BCUT2D eigenvalue weighted by atomic mass is 10.0. The molecule has 3 heteroatoms. The van der Waals surface area contributed by atoms with Gasteiger partial charge in [-0.3, -0.25) is 9.69 Å². The van der Waals surface area contributed by atoms with Gasteiger partial charge in [-0.2, -0.15) is 0 Å². The first-order valence-electron chi connectivity index (χ1n) is 7.08. The molecule has 1 heterocycles. The van der Waals surface area contributed by atoms with Gasteiger partial charge in [0.05, 0.1) is 0 Å². The number of aldehydes is 1. The van der Waals surface area contributed by atoms with Crippen molar-refractivity contribution in [3.63, 3.8) is 0 Å². The molecule has 1 aromatic rings. The fourth-order valence-corrected chi connectivity index (χ4v) is 2.77. The molecule has 3 nitrogen and oxygen atoms in total. The van der Waals surface area contributed by atoms with Crippen LogP contribution in [-0.4, -0.2) is 43.4 Å². The zero-order valence-corrected chi connectivity index (χ0v) is 12.4. The first-order valence-corrected chi connectivity index (χ1v) is 7.08. The van der Waals surface area contributed by atoms with Crippen LogP contribution in [0.3, 0.4) is 0 Å². The number of anilines is 1. The van der Waals surface area contributed by atoms with Crippen LogP contribution in [0.2, 0.25) is 0 Å². The third-order valence-corrected chi connectivity index (χ3v) is 4.10. The predicted octanol–water partition coefficient (Wildman–Crippen LogP) is 2.65. The van der Waals surface area contributed by atoms with E-state index in [9.17, 15) is 4.79 Å². The molecule has 0 unspecified atom stereocenters. The average Bonchev–Trinajstić information content (AvgIpc) is 2.41. The van der Waals surface area contributed by atoms with Crippen molar-refractivity contribution in [3.8, 4) is 0 Å². The number of rotatable bonds is 3. The smallest absolute Gasteiger partial charge is 0.150 e. The Morgan fingerprint density at radius 3 is 2.21 bits per heavy atom. The molecule has 1 aliphatic rings. The number of aryl methyl sites for hydroxylation is 2. The summed E-state index contributed by atoms with van der Waals surface area (Å²) in [6.45, 7) is 13.0. The summed E-state index contributed by atoms with van der Waals surface area (Å²) in [6.07, 6.45) is 0.947. The Balaban J connectivity index is 2.16. The van der Waals surface area contributed by atoms with E-state index in [1.165, 1.54) is 11.3 Å². The van der Waals surface area contributed by atoms with Gasteiger partial charge in [-0.25, -0.2) is 0 Å². The summed E-state index contributed by atoms with van der Waals surface area (Å²) in [4.78, 5) is 15.9. The van der Waals surface area contributed by atoms with Crippen molar-refractivity contribution in [3.05, 3.63) is 28.8 Å². The zero-order chi connectivity index (χ0) is 14.0. The maximum atomic E-state index is 11.0. The van der Waals surface area contributed by atoms with Gasteiger partial charge in [0.15, 0.2) is 0 Å². The zero-order valence-electron chi connectivity index (χ0n) is 12.4. The highest BCUT2D eigenvalue weighted by Crippen LogP contribution is 2.25. The predicted molar refractivity (Wildman–Crippen MR) is 80.2 cm³/mol. The normalized spacial score (nSPS) is 17.0. The molecule has 1 saturated heterocycles. The second kappa shape index (κ2) is 5.74. The van der Waals surface area contributed by atoms with Crippen LogP contribution in [0.5, 0.6) is 0 Å². The van der Waals surface area contributed by atoms with Crippen LogP contribution in [0.1, 0.15) is 35.3 Å². The summed E-state index contributed by atoms with van der Waals surface area (Å²) in [5, 5.41) is 0. The Labute approximate surface area is 116 Å². The van der Waals surface area contributed by atoms with Gasteiger partial charge in [-0.15, -0.1) is 0 Å². The molecule has 1 aromatic carbocycles. The highest BCUT2D eigenvalue weighted by Gasteiger charge is 2.20. The van der Waals surface area contributed by atoms with E-state index in [1.54, 1.807) is 0 Å². The lowest BCUT2D eigenvalue weighted by Gasteiger charge is -2.38. The minimum atomic E-state index is 0.627. The van der Waals surface area contributed by atoms with Gasteiger partial charge >= 0.3 is 0 Å². The van der Waals surface area contributed by atoms with Crippen LogP contribution in [0.15, 0.2) is 12.1 Å². The first kappa shape index (κ1) is 14.1. The highest BCUT2D eigenvalue weighted by atomic mass is 16.1. The highest BCUT2D eigenvalue weighted by molar-refractivity contribution is 5.79. The summed E-state index contributed by atoms with van der Waals surface area (Å²) in [5.41, 5.74) is 4.36. The lowest BCUT2D eigenvalue weighted by Crippen LogP contribution is -2.49. The Morgan fingerprint density at radius 1 is 1.05 bits per heavy atom. The van der Waals surface area contributed by atoms with Gasteiger partial charge in [0.2, 0.25) is 0 Å². The van der Waals surface area contributed by atoms with Gasteiger partial charge in [0.1, 0.15) is 6.29 Å². The van der Waals surface area contributed by atoms with Gasteiger partial charge in [-0.1, -0.05) is 0 Å². The minimum absolute atomic E-state index is 0.627. The second-order valence-electron chi connectivity index (χ2n) is 5.73. The summed E-state index contributed by atoms with van der Waals surface area (Å²) >= 11 is 0. The summed E-state index contributed by atoms with van der Waals surface area (Å²) in [7, 11) is 0. The van der Waals surface area contributed by atoms with E-state index >= 15 is 0 Å². The molecular formula is C16H24N2O. The third kappa shape index (κ3) is 2.98. The molecule has 0 N–H and O–H groups in total. The molecule has 1 aliphatic heterocycles. The van der Waals surface area contributed by atoms with Crippen LogP contribution in [0, 0.1) is 13.8 Å². The Hall–Kier alpha value is -1.35. The number of carbonyl (C=O) groups excluding carboxylic acids is 1. The largest absolute Gasteiger partial charge is 0.369 e. The Morgan fingerprint density at radius 2 is 1.68 bits per heavy atom. The Kier molecular flexibility index (Phi) is 4.25. The molecule has 2 rings (SSSR count). The van der Waals surface area contributed by atoms with Crippen molar-refractivity contribution < 1.29 is 4.79 Å². The van der Waals surface area contributed by atoms with Gasteiger partial charge < -0.3 is 4.90 Å². The molecule has 0 saturated carbocycles. The van der Waals surface area contributed by atoms with Gasteiger partial charge in [-0.05, 0) is 51.0 Å². The molecule has 0 aromatic heterocycles. The molecule has 19 heavy (non-hydrogen) atoms. The lowest BCUT2D eigenvalue weighted by molar-refractivity contribution is 0.112. The number of benzene rings is 1. The van der Waals surface area contributed by atoms with Crippen molar-refractivity contribution in [2.75, 3.05) is 31.1 Å². The fourth-order valence-electron chi connectivity index (χ4n) is 2.77. The standard InChI is InChI=1S/C16H24N2O/c1-12(2)17-5-7-18(8-6-17)16-10-13(3)15(11-19)9-14(16)4/h9-12H,5-8H2,1-4H3. The topological polar surface area (TPSA) is 23.6 Å². The fraction of sp³-hybridized carbons (Fsp3) is 0.562. The van der Waals surface area contributed by atoms with E-state index in [2.05, 4.69) is 36.6 Å². The summed E-state index contributed by atoms with van der Waals surface area (Å²) in [6, 6.07) is 4.79. The molecular weight excluding hydrogens is 236 g/mol. The van der Waals surface area contributed by atoms with Crippen LogP contribution in [-0.2, 0) is 0 Å². The molecule has 1 fully saturated rings. The van der Waals surface area contributed by atoms with E-state index in [1.807, 2.05) is 13.0 Å². The van der Waals surface area contributed by atoms with Crippen molar-refractivity contribution >= 4 is 12.0 Å². The van der Waals surface area contributed by atoms with Crippen molar-refractivity contribution in [2.24, 2.45) is 0 Å². The van der Waals surface area contributed by atoms with Gasteiger partial charge in [0, 0.05) is 43.5 Å². The minimum Gasteiger partial charge on any atom is -0.369 e. The molecule has 0 spiro atoms. The van der Waals surface area contributed by atoms with E-state index in [0.717, 1.165) is 43.6 Å². The van der Waals surface area contributed by atoms with Crippen LogP contribution in [0.4, 0.5) is 5.69 Å². The van der Waals surface area contributed by atoms with Crippen molar-refractivity contribution in [1.82, 2.24) is 4.90 Å². The summed E-state index contributed by atoms with van der Waals surface area (Å²) in [5.74, 6) is 0. The van der Waals surface area contributed by atoms with Crippen molar-refractivity contribution in [2.45, 2.75) is 33.7 Å². The number of piperazine rings is 1. The van der Waals surface area contributed by atoms with E-state index in [-0.39, 0.29) is 0 Å².